The van der Waals surface area contributed by atoms with Crippen LogP contribution in [-0.4, -0.2) is 38.4 Å². The summed E-state index contributed by atoms with van der Waals surface area (Å²) in [5, 5.41) is 6.47. The molecule has 0 amide bonds. The second-order valence-electron chi connectivity index (χ2n) is 6.78. The zero-order valence-corrected chi connectivity index (χ0v) is 16.1. The topological polar surface area (TPSA) is 54.9 Å². The SMILES string of the molecule is CN=C(NCc1ccc(COCC(F)(F)F)cc1)NCC1Cc2ccccc2O1. The van der Waals surface area contributed by atoms with Crippen LogP contribution in [0.15, 0.2) is 53.5 Å². The molecule has 1 heterocycles. The summed E-state index contributed by atoms with van der Waals surface area (Å²) in [6.07, 6.45) is -3.39. The average molecular weight is 407 g/mol. The van der Waals surface area contributed by atoms with E-state index in [0.29, 0.717) is 24.6 Å². The molecule has 0 fully saturated rings. The number of aliphatic imine (C=N–C) groups is 1. The second-order valence-corrected chi connectivity index (χ2v) is 6.78. The van der Waals surface area contributed by atoms with E-state index in [9.17, 15) is 13.2 Å². The predicted octanol–water partition coefficient (Wildman–Crippen LogP) is 3.43. The van der Waals surface area contributed by atoms with Gasteiger partial charge in [0.1, 0.15) is 18.5 Å². The molecule has 0 spiro atoms. The number of guanidine groups is 1. The normalized spacial score (nSPS) is 16.3. The van der Waals surface area contributed by atoms with Crippen LogP contribution in [0.25, 0.3) is 0 Å². The zero-order chi connectivity index (χ0) is 20.7. The van der Waals surface area contributed by atoms with E-state index in [1.807, 2.05) is 30.3 Å². The molecule has 29 heavy (non-hydrogen) atoms. The van der Waals surface area contributed by atoms with Crippen LogP contribution in [0.3, 0.4) is 0 Å². The molecule has 1 atom stereocenters. The summed E-state index contributed by atoms with van der Waals surface area (Å²) in [5.74, 6) is 1.59. The van der Waals surface area contributed by atoms with Crippen LogP contribution in [0.4, 0.5) is 13.2 Å². The molecule has 2 aromatic rings. The lowest BCUT2D eigenvalue weighted by Crippen LogP contribution is -2.41. The maximum absolute atomic E-state index is 12.1. The monoisotopic (exact) mass is 407 g/mol. The van der Waals surface area contributed by atoms with Crippen molar-refractivity contribution in [2.45, 2.75) is 31.9 Å². The van der Waals surface area contributed by atoms with Gasteiger partial charge in [-0.15, -0.1) is 0 Å². The van der Waals surface area contributed by atoms with E-state index in [1.54, 1.807) is 19.2 Å². The smallest absolute Gasteiger partial charge is 0.411 e. The Hall–Kier alpha value is -2.74. The van der Waals surface area contributed by atoms with E-state index >= 15 is 0 Å². The van der Waals surface area contributed by atoms with Gasteiger partial charge >= 0.3 is 6.18 Å². The van der Waals surface area contributed by atoms with Gasteiger partial charge < -0.3 is 20.1 Å². The van der Waals surface area contributed by atoms with Gasteiger partial charge in [-0.25, -0.2) is 0 Å². The Morgan fingerprint density at radius 3 is 2.52 bits per heavy atom. The predicted molar refractivity (Wildman–Crippen MR) is 105 cm³/mol. The van der Waals surface area contributed by atoms with Crippen molar-refractivity contribution >= 4 is 5.96 Å². The number of nitrogens with zero attached hydrogens (tertiary/aromatic N) is 1. The van der Waals surface area contributed by atoms with Crippen molar-refractivity contribution in [3.63, 3.8) is 0 Å². The largest absolute Gasteiger partial charge is 0.488 e. The fourth-order valence-electron chi connectivity index (χ4n) is 3.02. The van der Waals surface area contributed by atoms with Gasteiger partial charge in [-0.05, 0) is 22.8 Å². The highest BCUT2D eigenvalue weighted by atomic mass is 19.4. The van der Waals surface area contributed by atoms with Crippen molar-refractivity contribution in [3.05, 3.63) is 65.2 Å². The maximum Gasteiger partial charge on any atom is 0.411 e. The number of benzene rings is 2. The van der Waals surface area contributed by atoms with Crippen LogP contribution >= 0.6 is 0 Å². The number of nitrogens with one attached hydrogen (secondary N) is 2. The molecular weight excluding hydrogens is 383 g/mol. The number of hydrogen-bond acceptors (Lipinski definition) is 3. The van der Waals surface area contributed by atoms with Crippen LogP contribution < -0.4 is 15.4 Å². The molecule has 2 N–H and O–H groups in total. The molecule has 0 saturated carbocycles. The number of fused-ring (bicyclic) bond motifs is 1. The third kappa shape index (κ3) is 6.67. The molecule has 3 rings (SSSR count). The van der Waals surface area contributed by atoms with Crippen molar-refractivity contribution in [2.24, 2.45) is 4.99 Å². The highest BCUT2D eigenvalue weighted by Crippen LogP contribution is 2.27. The van der Waals surface area contributed by atoms with Gasteiger partial charge in [0.2, 0.25) is 0 Å². The number of ether oxygens (including phenoxy) is 2. The van der Waals surface area contributed by atoms with E-state index in [2.05, 4.69) is 26.4 Å². The summed E-state index contributed by atoms with van der Waals surface area (Å²) in [7, 11) is 1.70. The molecule has 0 aromatic heterocycles. The minimum absolute atomic E-state index is 0.0573. The van der Waals surface area contributed by atoms with Gasteiger partial charge in [0.15, 0.2) is 5.96 Å². The first kappa shape index (κ1) is 21.0. The first-order chi connectivity index (χ1) is 13.9. The van der Waals surface area contributed by atoms with Gasteiger partial charge in [-0.1, -0.05) is 42.5 Å². The van der Waals surface area contributed by atoms with Gasteiger partial charge in [0, 0.05) is 20.0 Å². The van der Waals surface area contributed by atoms with E-state index < -0.39 is 12.8 Å². The highest BCUT2D eigenvalue weighted by Gasteiger charge is 2.27. The number of hydrogen-bond donors (Lipinski definition) is 2. The molecular formula is C21H24F3N3O2. The Kier molecular flexibility index (Phi) is 6.98. The molecule has 156 valence electrons. The van der Waals surface area contributed by atoms with Crippen molar-refractivity contribution < 1.29 is 22.6 Å². The van der Waals surface area contributed by atoms with Crippen LogP contribution in [0.1, 0.15) is 16.7 Å². The van der Waals surface area contributed by atoms with Gasteiger partial charge in [0.25, 0.3) is 0 Å². The lowest BCUT2D eigenvalue weighted by atomic mass is 10.1. The summed E-state index contributed by atoms with van der Waals surface area (Å²) in [4.78, 5) is 4.21. The molecule has 0 radical (unpaired) electrons. The van der Waals surface area contributed by atoms with E-state index in [-0.39, 0.29) is 12.7 Å². The average Bonchev–Trinajstić information content (AvgIpc) is 3.11. The molecule has 2 aromatic carbocycles. The van der Waals surface area contributed by atoms with Crippen LogP contribution in [-0.2, 0) is 24.3 Å². The second kappa shape index (κ2) is 9.65. The minimum atomic E-state index is -4.31. The van der Waals surface area contributed by atoms with Crippen molar-refractivity contribution in [1.29, 1.82) is 0 Å². The summed E-state index contributed by atoms with van der Waals surface area (Å²) in [6.45, 7) is -0.146. The van der Waals surface area contributed by atoms with Gasteiger partial charge in [-0.3, -0.25) is 4.99 Å². The Morgan fingerprint density at radius 1 is 1.10 bits per heavy atom. The quantitative estimate of drug-likeness (QED) is 0.546. The summed E-state index contributed by atoms with van der Waals surface area (Å²) in [5.41, 5.74) is 2.89. The molecule has 0 saturated heterocycles. The summed E-state index contributed by atoms with van der Waals surface area (Å²) in [6, 6.07) is 15.2. The molecule has 8 heteroatoms. The van der Waals surface area contributed by atoms with Crippen LogP contribution in [0.5, 0.6) is 5.75 Å². The Labute approximate surface area is 167 Å². The first-order valence-corrected chi connectivity index (χ1v) is 9.34. The molecule has 0 bridgehead atoms. The fourth-order valence-corrected chi connectivity index (χ4v) is 3.02. The number of para-hydroxylation sites is 1. The molecule has 0 aliphatic carbocycles. The third-order valence-corrected chi connectivity index (χ3v) is 4.45. The van der Waals surface area contributed by atoms with Crippen molar-refractivity contribution in [1.82, 2.24) is 10.6 Å². The lowest BCUT2D eigenvalue weighted by Gasteiger charge is -2.16. The zero-order valence-electron chi connectivity index (χ0n) is 16.1. The first-order valence-electron chi connectivity index (χ1n) is 9.34. The van der Waals surface area contributed by atoms with Gasteiger partial charge in [0.05, 0.1) is 13.2 Å². The number of alkyl halides is 3. The highest BCUT2D eigenvalue weighted by molar-refractivity contribution is 5.79. The van der Waals surface area contributed by atoms with Crippen molar-refractivity contribution in [2.75, 3.05) is 20.2 Å². The molecule has 5 nitrogen and oxygen atoms in total. The Bertz CT molecular complexity index is 798. The molecule has 1 unspecified atom stereocenters. The maximum atomic E-state index is 12.1. The van der Waals surface area contributed by atoms with Crippen LogP contribution in [0.2, 0.25) is 0 Å². The Balaban J connectivity index is 1.39. The van der Waals surface area contributed by atoms with Crippen LogP contribution in [0, 0.1) is 0 Å². The molecule has 1 aliphatic heterocycles. The summed E-state index contributed by atoms with van der Waals surface area (Å²) < 4.78 is 46.9. The third-order valence-electron chi connectivity index (χ3n) is 4.45. The number of rotatable bonds is 7. The van der Waals surface area contributed by atoms with Gasteiger partial charge in [-0.2, -0.15) is 13.2 Å². The van der Waals surface area contributed by atoms with E-state index in [4.69, 9.17) is 4.74 Å². The standard InChI is InChI=1S/C21H24F3N3O2/c1-25-20(27-12-18-10-17-4-2-3-5-19(17)29-18)26-11-15-6-8-16(9-7-15)13-28-14-21(22,23)24/h2-9,18H,10-14H2,1H3,(H2,25,26,27). The summed E-state index contributed by atoms with van der Waals surface area (Å²) >= 11 is 0. The number of halogens is 3. The van der Waals surface area contributed by atoms with E-state index in [0.717, 1.165) is 17.7 Å². The fraction of sp³-hybridized carbons (Fsp3) is 0.381. The lowest BCUT2D eigenvalue weighted by molar-refractivity contribution is -0.176. The van der Waals surface area contributed by atoms with E-state index in [1.165, 1.54) is 5.56 Å². The molecule has 1 aliphatic rings. The Morgan fingerprint density at radius 2 is 1.83 bits per heavy atom. The van der Waals surface area contributed by atoms with Crippen molar-refractivity contribution in [3.8, 4) is 5.75 Å². The minimum Gasteiger partial charge on any atom is -0.488 e.